The summed E-state index contributed by atoms with van der Waals surface area (Å²) in [5.41, 5.74) is 0.987. The van der Waals surface area contributed by atoms with Gasteiger partial charge >= 0.3 is 6.36 Å². The minimum atomic E-state index is -4.66. The molecule has 0 spiro atoms. The number of benzene rings is 1. The molecule has 112 valence electrons. The normalized spacial score (nSPS) is 18.2. The van der Waals surface area contributed by atoms with E-state index in [2.05, 4.69) is 32.5 Å². The number of nitrogens with zero attached hydrogens (tertiary/aromatic N) is 1. The first kappa shape index (κ1) is 15.6. The molecule has 0 N–H and O–H groups in total. The molecule has 1 aliphatic rings. The van der Waals surface area contributed by atoms with Crippen molar-refractivity contribution in [3.63, 3.8) is 0 Å². The van der Waals surface area contributed by atoms with Gasteiger partial charge in [-0.05, 0) is 65.5 Å². The first-order valence-corrected chi connectivity index (χ1v) is 7.39. The number of alkyl halides is 3. The lowest BCUT2D eigenvalue weighted by atomic mass is 9.99. The van der Waals surface area contributed by atoms with Gasteiger partial charge in [-0.25, -0.2) is 0 Å². The molecule has 20 heavy (non-hydrogen) atoms. The summed E-state index contributed by atoms with van der Waals surface area (Å²) in [6.45, 7) is 5.09. The van der Waals surface area contributed by atoms with Crippen molar-refractivity contribution in [1.82, 2.24) is 4.90 Å². The van der Waals surface area contributed by atoms with Crippen LogP contribution in [0.4, 0.5) is 13.2 Å². The van der Waals surface area contributed by atoms with Gasteiger partial charge in [0.15, 0.2) is 0 Å². The Balaban J connectivity index is 1.98. The summed E-state index contributed by atoms with van der Waals surface area (Å²) in [5.74, 6) is 0.564. The molecule has 0 unspecified atom stereocenters. The third-order valence-electron chi connectivity index (χ3n) is 3.50. The Morgan fingerprint density at radius 1 is 1.30 bits per heavy atom. The van der Waals surface area contributed by atoms with Crippen molar-refractivity contribution in [3.05, 3.63) is 28.2 Å². The highest BCUT2D eigenvalue weighted by Crippen LogP contribution is 2.31. The summed E-state index contributed by atoms with van der Waals surface area (Å²) in [6.07, 6.45) is -2.31. The Morgan fingerprint density at radius 2 is 1.95 bits per heavy atom. The number of hydrogen-bond acceptors (Lipinski definition) is 2. The Kier molecular flexibility index (Phi) is 4.96. The van der Waals surface area contributed by atoms with Crippen LogP contribution in [0.2, 0.25) is 0 Å². The fourth-order valence-corrected chi connectivity index (χ4v) is 2.84. The van der Waals surface area contributed by atoms with Crippen LogP contribution in [-0.2, 0) is 6.54 Å². The lowest BCUT2D eigenvalue weighted by Crippen LogP contribution is -2.32. The smallest absolute Gasteiger partial charge is 0.405 e. The molecule has 0 saturated carbocycles. The molecular weight excluding hydrogens is 335 g/mol. The van der Waals surface area contributed by atoms with Crippen LogP contribution >= 0.6 is 15.9 Å². The van der Waals surface area contributed by atoms with Crippen molar-refractivity contribution in [2.24, 2.45) is 5.92 Å². The SMILES string of the molecule is CC1CCN(Cc2ccc(OC(F)(F)F)c(Br)c2)CC1. The highest BCUT2D eigenvalue weighted by atomic mass is 79.9. The fraction of sp³-hybridized carbons (Fsp3) is 0.571. The Hall–Kier alpha value is -0.750. The Bertz CT molecular complexity index is 456. The molecule has 0 aromatic heterocycles. The Labute approximate surface area is 125 Å². The maximum atomic E-state index is 12.2. The topological polar surface area (TPSA) is 12.5 Å². The maximum absolute atomic E-state index is 12.2. The average Bonchev–Trinajstić information content (AvgIpc) is 2.34. The second-order valence-corrected chi connectivity index (χ2v) is 6.13. The van der Waals surface area contributed by atoms with E-state index in [1.165, 1.54) is 18.9 Å². The zero-order valence-corrected chi connectivity index (χ0v) is 12.8. The predicted octanol–water partition coefficient (Wildman–Crippen LogP) is 4.58. The number of ether oxygens (including phenoxy) is 1. The largest absolute Gasteiger partial charge is 0.573 e. The minimum absolute atomic E-state index is 0.200. The van der Waals surface area contributed by atoms with E-state index in [1.807, 2.05) is 0 Å². The number of likely N-dealkylation sites (tertiary alicyclic amines) is 1. The summed E-state index contributed by atoms with van der Waals surface area (Å²) in [4.78, 5) is 2.33. The third kappa shape index (κ3) is 4.66. The molecule has 0 amide bonds. The van der Waals surface area contributed by atoms with Crippen molar-refractivity contribution in [1.29, 1.82) is 0 Å². The summed E-state index contributed by atoms with van der Waals surface area (Å²) in [5, 5.41) is 0. The van der Waals surface area contributed by atoms with Crippen LogP contribution < -0.4 is 4.74 Å². The molecule has 1 aromatic rings. The van der Waals surface area contributed by atoms with Crippen LogP contribution in [0.15, 0.2) is 22.7 Å². The fourth-order valence-electron chi connectivity index (χ4n) is 2.33. The van der Waals surface area contributed by atoms with E-state index in [-0.39, 0.29) is 5.75 Å². The van der Waals surface area contributed by atoms with Gasteiger partial charge in [-0.3, -0.25) is 4.90 Å². The molecule has 1 aromatic carbocycles. The number of piperidine rings is 1. The van der Waals surface area contributed by atoms with E-state index in [4.69, 9.17) is 0 Å². The van der Waals surface area contributed by atoms with Crippen molar-refractivity contribution in [3.8, 4) is 5.75 Å². The molecule has 0 aliphatic carbocycles. The first-order chi connectivity index (χ1) is 9.33. The van der Waals surface area contributed by atoms with Crippen LogP contribution in [0, 0.1) is 5.92 Å². The molecule has 0 bridgehead atoms. The number of hydrogen-bond donors (Lipinski definition) is 0. The van der Waals surface area contributed by atoms with E-state index in [9.17, 15) is 13.2 Å². The third-order valence-corrected chi connectivity index (χ3v) is 4.12. The molecule has 2 nitrogen and oxygen atoms in total. The molecule has 1 aliphatic heterocycles. The van der Waals surface area contributed by atoms with Gasteiger partial charge in [0.1, 0.15) is 5.75 Å². The van der Waals surface area contributed by atoms with Gasteiger partial charge in [0, 0.05) is 6.54 Å². The monoisotopic (exact) mass is 351 g/mol. The lowest BCUT2D eigenvalue weighted by molar-refractivity contribution is -0.274. The first-order valence-electron chi connectivity index (χ1n) is 6.60. The van der Waals surface area contributed by atoms with Gasteiger partial charge < -0.3 is 4.74 Å². The van der Waals surface area contributed by atoms with Gasteiger partial charge in [0.05, 0.1) is 4.47 Å². The van der Waals surface area contributed by atoms with E-state index in [0.29, 0.717) is 4.47 Å². The quantitative estimate of drug-likeness (QED) is 0.790. The van der Waals surface area contributed by atoms with Gasteiger partial charge in [0.2, 0.25) is 0 Å². The van der Waals surface area contributed by atoms with Crippen LogP contribution in [0.3, 0.4) is 0 Å². The van der Waals surface area contributed by atoms with Crippen LogP contribution in [0.5, 0.6) is 5.75 Å². The van der Waals surface area contributed by atoms with Crippen LogP contribution in [0.25, 0.3) is 0 Å². The van der Waals surface area contributed by atoms with Crippen LogP contribution in [-0.4, -0.2) is 24.4 Å². The molecular formula is C14H17BrF3NO. The molecule has 1 saturated heterocycles. The molecule has 1 fully saturated rings. The molecule has 1 heterocycles. The summed E-state index contributed by atoms with van der Waals surface area (Å²) in [6, 6.07) is 4.74. The van der Waals surface area contributed by atoms with Gasteiger partial charge in [0.25, 0.3) is 0 Å². The van der Waals surface area contributed by atoms with Gasteiger partial charge in [-0.15, -0.1) is 13.2 Å². The maximum Gasteiger partial charge on any atom is 0.573 e. The van der Waals surface area contributed by atoms with E-state index in [1.54, 1.807) is 12.1 Å². The number of halogens is 4. The van der Waals surface area contributed by atoms with Crippen molar-refractivity contribution in [2.75, 3.05) is 13.1 Å². The van der Waals surface area contributed by atoms with E-state index < -0.39 is 6.36 Å². The van der Waals surface area contributed by atoms with Crippen molar-refractivity contribution in [2.45, 2.75) is 32.7 Å². The molecule has 0 atom stereocenters. The van der Waals surface area contributed by atoms with E-state index >= 15 is 0 Å². The Morgan fingerprint density at radius 3 is 2.50 bits per heavy atom. The summed E-state index contributed by atoms with van der Waals surface area (Å²) in [7, 11) is 0. The van der Waals surface area contributed by atoms with E-state index in [0.717, 1.165) is 31.1 Å². The van der Waals surface area contributed by atoms with Crippen molar-refractivity contribution >= 4 is 15.9 Å². The predicted molar refractivity (Wildman–Crippen MR) is 74.5 cm³/mol. The zero-order valence-electron chi connectivity index (χ0n) is 11.2. The molecule has 0 radical (unpaired) electrons. The summed E-state index contributed by atoms with van der Waals surface area (Å²) < 4.78 is 40.8. The van der Waals surface area contributed by atoms with Gasteiger partial charge in [-0.1, -0.05) is 13.0 Å². The second-order valence-electron chi connectivity index (χ2n) is 5.27. The average molecular weight is 352 g/mol. The zero-order chi connectivity index (χ0) is 14.8. The highest BCUT2D eigenvalue weighted by Gasteiger charge is 2.32. The number of rotatable bonds is 3. The lowest BCUT2D eigenvalue weighted by Gasteiger charge is -2.30. The minimum Gasteiger partial charge on any atom is -0.405 e. The summed E-state index contributed by atoms with van der Waals surface area (Å²) >= 11 is 3.13. The highest BCUT2D eigenvalue weighted by molar-refractivity contribution is 9.10. The second kappa shape index (κ2) is 6.35. The van der Waals surface area contributed by atoms with Crippen LogP contribution in [0.1, 0.15) is 25.3 Å². The molecule has 6 heteroatoms. The molecule has 2 rings (SSSR count). The standard InChI is InChI=1S/C14H17BrF3NO/c1-10-4-6-19(7-5-10)9-11-2-3-13(12(15)8-11)20-14(16,17)18/h2-3,8,10H,4-7,9H2,1H3. The van der Waals surface area contributed by atoms with Crippen molar-refractivity contribution < 1.29 is 17.9 Å². The van der Waals surface area contributed by atoms with Gasteiger partial charge in [-0.2, -0.15) is 0 Å².